The first-order valence-electron chi connectivity index (χ1n) is 7.51. The van der Waals surface area contributed by atoms with Gasteiger partial charge in [0, 0.05) is 19.5 Å². The van der Waals surface area contributed by atoms with Gasteiger partial charge in [-0.3, -0.25) is 9.59 Å². The number of nitrogens with one attached hydrogen (secondary N) is 1. The predicted molar refractivity (Wildman–Crippen MR) is 89.6 cm³/mol. The van der Waals surface area contributed by atoms with Gasteiger partial charge in [0.15, 0.2) is 6.04 Å². The average Bonchev–Trinajstić information content (AvgIpc) is 2.93. The van der Waals surface area contributed by atoms with E-state index >= 15 is 0 Å². The quantitative estimate of drug-likeness (QED) is 0.757. The monoisotopic (exact) mass is 398 g/mol. The Labute approximate surface area is 148 Å². The minimum absolute atomic E-state index is 0.0864. The lowest BCUT2D eigenvalue weighted by molar-refractivity contribution is -0.142. The van der Waals surface area contributed by atoms with E-state index in [2.05, 4.69) is 21.2 Å². The van der Waals surface area contributed by atoms with Crippen LogP contribution in [0.3, 0.4) is 0 Å². The molecule has 0 radical (unpaired) electrons. The van der Waals surface area contributed by atoms with Gasteiger partial charge < -0.3 is 20.1 Å². The van der Waals surface area contributed by atoms with Crippen LogP contribution in [0.5, 0.6) is 5.75 Å². The maximum absolute atomic E-state index is 12.4. The van der Waals surface area contributed by atoms with Gasteiger partial charge in [0.2, 0.25) is 11.8 Å². The van der Waals surface area contributed by atoms with Crippen molar-refractivity contribution in [3.05, 3.63) is 28.2 Å². The number of likely N-dealkylation sites (tertiary alicyclic amines) is 1. The Hall–Kier alpha value is -2.09. The molecule has 1 heterocycles. The maximum atomic E-state index is 12.4. The molecular formula is C16H19BrN2O5. The van der Waals surface area contributed by atoms with E-state index in [4.69, 9.17) is 4.74 Å². The minimum atomic E-state index is -1.19. The van der Waals surface area contributed by atoms with Gasteiger partial charge >= 0.3 is 5.97 Å². The van der Waals surface area contributed by atoms with Crippen LogP contribution in [-0.2, 0) is 14.4 Å². The number of carboxylic acid groups (broad SMARTS) is 1. The minimum Gasteiger partial charge on any atom is -0.496 e. The highest BCUT2D eigenvalue weighted by molar-refractivity contribution is 9.10. The van der Waals surface area contributed by atoms with Crippen LogP contribution in [0, 0.1) is 5.92 Å². The summed E-state index contributed by atoms with van der Waals surface area (Å²) in [5.41, 5.74) is 0.417. The summed E-state index contributed by atoms with van der Waals surface area (Å²) in [4.78, 5) is 37.2. The number of ether oxygens (including phenoxy) is 1. The van der Waals surface area contributed by atoms with Crippen molar-refractivity contribution in [1.29, 1.82) is 0 Å². The Morgan fingerprint density at radius 3 is 2.71 bits per heavy atom. The van der Waals surface area contributed by atoms with E-state index in [9.17, 15) is 19.5 Å². The van der Waals surface area contributed by atoms with Crippen molar-refractivity contribution >= 4 is 33.7 Å². The van der Waals surface area contributed by atoms with Gasteiger partial charge in [-0.1, -0.05) is 6.07 Å². The third kappa shape index (κ3) is 3.87. The molecule has 2 amide bonds. The lowest BCUT2D eigenvalue weighted by Gasteiger charge is -2.19. The Bertz CT molecular complexity index is 664. The summed E-state index contributed by atoms with van der Waals surface area (Å²) in [6, 6.07) is 3.61. The van der Waals surface area contributed by atoms with Gasteiger partial charge in [0.1, 0.15) is 5.75 Å². The Kier molecular flexibility index (Phi) is 5.82. The highest BCUT2D eigenvalue weighted by Gasteiger charge is 2.35. The number of halogens is 1. The summed E-state index contributed by atoms with van der Waals surface area (Å²) in [7, 11) is 1.51. The molecule has 24 heavy (non-hydrogen) atoms. The number of carboxylic acids is 1. The van der Waals surface area contributed by atoms with Crippen LogP contribution in [0.15, 0.2) is 22.7 Å². The zero-order valence-electron chi connectivity index (χ0n) is 13.4. The number of rotatable bonds is 6. The van der Waals surface area contributed by atoms with Crippen LogP contribution in [0.1, 0.15) is 24.9 Å². The second-order valence-electron chi connectivity index (χ2n) is 5.51. The first-order chi connectivity index (χ1) is 11.4. The summed E-state index contributed by atoms with van der Waals surface area (Å²) in [5, 5.41) is 12.0. The Morgan fingerprint density at radius 1 is 1.50 bits per heavy atom. The number of amides is 2. The summed E-state index contributed by atoms with van der Waals surface area (Å²) < 4.78 is 5.71. The molecule has 0 aliphatic carbocycles. The van der Waals surface area contributed by atoms with Crippen molar-refractivity contribution in [2.45, 2.75) is 19.4 Å². The molecule has 1 fully saturated rings. The second-order valence-corrected chi connectivity index (χ2v) is 6.36. The molecule has 7 nitrogen and oxygen atoms in total. The molecular weight excluding hydrogens is 380 g/mol. The third-order valence-electron chi connectivity index (χ3n) is 4.01. The van der Waals surface area contributed by atoms with E-state index < -0.39 is 23.8 Å². The lowest BCUT2D eigenvalue weighted by atomic mass is 10.0. The number of carbonyl (C=O) groups is 3. The molecule has 8 heteroatoms. The first kappa shape index (κ1) is 18.3. The van der Waals surface area contributed by atoms with Crippen LogP contribution in [0.2, 0.25) is 0 Å². The zero-order chi connectivity index (χ0) is 17.9. The van der Waals surface area contributed by atoms with E-state index in [0.717, 1.165) is 0 Å². The van der Waals surface area contributed by atoms with Gasteiger partial charge in [-0.25, -0.2) is 4.79 Å². The summed E-state index contributed by atoms with van der Waals surface area (Å²) in [6.07, 6.45) is 0.109. The van der Waals surface area contributed by atoms with E-state index in [0.29, 0.717) is 28.9 Å². The fourth-order valence-electron chi connectivity index (χ4n) is 2.66. The summed E-state index contributed by atoms with van der Waals surface area (Å²) in [6.45, 7) is 2.70. The number of aliphatic carboxylic acids is 1. The number of hydrogen-bond donors (Lipinski definition) is 2. The number of benzene rings is 1. The normalized spacial score (nSPS) is 18.4. The van der Waals surface area contributed by atoms with E-state index in [1.54, 1.807) is 23.1 Å². The fourth-order valence-corrected chi connectivity index (χ4v) is 3.22. The van der Waals surface area contributed by atoms with Gasteiger partial charge in [-0.05, 0) is 40.5 Å². The van der Waals surface area contributed by atoms with Crippen molar-refractivity contribution in [2.75, 3.05) is 20.2 Å². The highest BCUT2D eigenvalue weighted by atomic mass is 79.9. The molecule has 2 unspecified atom stereocenters. The molecule has 1 aliphatic heterocycles. The van der Waals surface area contributed by atoms with Crippen molar-refractivity contribution in [3.63, 3.8) is 0 Å². The maximum Gasteiger partial charge on any atom is 0.330 e. The van der Waals surface area contributed by atoms with Gasteiger partial charge in [0.25, 0.3) is 0 Å². The molecule has 2 rings (SSSR count). The van der Waals surface area contributed by atoms with Crippen LogP contribution < -0.4 is 10.1 Å². The Morgan fingerprint density at radius 2 is 2.21 bits per heavy atom. The standard InChI is InChI=1S/C16H19BrN2O5/c1-3-19-8-10(7-13(19)20)15(21)18-14(16(22)23)9-4-5-12(24-2)11(17)6-9/h4-6,10,14H,3,7-8H2,1-2H3,(H,18,21)(H,22,23). The van der Waals surface area contributed by atoms with Crippen molar-refractivity contribution in [1.82, 2.24) is 10.2 Å². The summed E-state index contributed by atoms with van der Waals surface area (Å²) >= 11 is 3.30. The molecule has 1 aromatic carbocycles. The number of carbonyl (C=O) groups excluding carboxylic acids is 2. The average molecular weight is 399 g/mol. The molecule has 1 saturated heterocycles. The van der Waals surface area contributed by atoms with Crippen LogP contribution in [-0.4, -0.2) is 48.0 Å². The van der Waals surface area contributed by atoms with E-state index in [-0.39, 0.29) is 12.3 Å². The van der Waals surface area contributed by atoms with Crippen LogP contribution >= 0.6 is 15.9 Å². The highest BCUT2D eigenvalue weighted by Crippen LogP contribution is 2.28. The molecule has 1 aromatic rings. The van der Waals surface area contributed by atoms with Gasteiger partial charge in [0.05, 0.1) is 17.5 Å². The van der Waals surface area contributed by atoms with Crippen molar-refractivity contribution in [3.8, 4) is 5.75 Å². The first-order valence-corrected chi connectivity index (χ1v) is 8.31. The molecule has 0 bridgehead atoms. The number of methoxy groups -OCH3 is 1. The second kappa shape index (κ2) is 7.65. The number of hydrogen-bond acceptors (Lipinski definition) is 4. The molecule has 2 atom stereocenters. The topological polar surface area (TPSA) is 95.9 Å². The van der Waals surface area contributed by atoms with Crippen molar-refractivity contribution < 1.29 is 24.2 Å². The zero-order valence-corrected chi connectivity index (χ0v) is 15.0. The largest absolute Gasteiger partial charge is 0.496 e. The molecule has 130 valence electrons. The van der Waals surface area contributed by atoms with Crippen LogP contribution in [0.4, 0.5) is 0 Å². The molecule has 2 N–H and O–H groups in total. The smallest absolute Gasteiger partial charge is 0.330 e. The van der Waals surface area contributed by atoms with E-state index in [1.165, 1.54) is 7.11 Å². The van der Waals surface area contributed by atoms with Crippen molar-refractivity contribution in [2.24, 2.45) is 5.92 Å². The van der Waals surface area contributed by atoms with E-state index in [1.807, 2.05) is 6.92 Å². The molecule has 0 spiro atoms. The van der Waals surface area contributed by atoms with Gasteiger partial charge in [-0.2, -0.15) is 0 Å². The predicted octanol–water partition coefficient (Wildman–Crippen LogP) is 1.57. The molecule has 0 aromatic heterocycles. The lowest BCUT2D eigenvalue weighted by Crippen LogP contribution is -2.38. The molecule has 1 aliphatic rings. The van der Waals surface area contributed by atoms with Crippen LogP contribution in [0.25, 0.3) is 0 Å². The SMILES string of the molecule is CCN1CC(C(=O)NC(C(=O)O)c2ccc(OC)c(Br)c2)CC1=O. The summed E-state index contributed by atoms with van der Waals surface area (Å²) in [5.74, 6) is -1.65. The Balaban J connectivity index is 2.14. The van der Waals surface area contributed by atoms with Gasteiger partial charge in [-0.15, -0.1) is 0 Å². The fraction of sp³-hybridized carbons (Fsp3) is 0.438. The third-order valence-corrected chi connectivity index (χ3v) is 4.63. The molecule has 0 saturated carbocycles. The number of nitrogens with zero attached hydrogens (tertiary/aromatic N) is 1.